The molecule has 0 saturated carbocycles. The first-order valence-electron chi connectivity index (χ1n) is 12.3. The minimum absolute atomic E-state index is 0.345. The van der Waals surface area contributed by atoms with Crippen molar-refractivity contribution in [2.75, 3.05) is 18.0 Å². The molecule has 0 amide bonds. The Morgan fingerprint density at radius 1 is 0.667 bits per heavy atom. The summed E-state index contributed by atoms with van der Waals surface area (Å²) in [6.07, 6.45) is 0.310. The number of rotatable bonds is 11. The first-order chi connectivity index (χ1) is 17.3. The highest BCUT2D eigenvalue weighted by Crippen LogP contribution is 2.31. The van der Waals surface area contributed by atoms with Crippen molar-refractivity contribution in [3.8, 4) is 0 Å². The molecule has 0 bridgehead atoms. The number of anilines is 1. The summed E-state index contributed by atoms with van der Waals surface area (Å²) >= 11 is 0. The van der Waals surface area contributed by atoms with E-state index in [1.54, 1.807) is 12.1 Å². The largest absolute Gasteiger partial charge is 0.416 e. The highest BCUT2D eigenvalue weighted by atomic mass is 19.4. The van der Waals surface area contributed by atoms with Gasteiger partial charge in [0.25, 0.3) is 0 Å². The average molecular weight is 496 g/mol. The van der Waals surface area contributed by atoms with Crippen LogP contribution >= 0.6 is 0 Å². The zero-order valence-corrected chi connectivity index (χ0v) is 21.0. The molecule has 3 rings (SSSR count). The van der Waals surface area contributed by atoms with E-state index in [0.717, 1.165) is 36.5 Å². The molecule has 3 aromatic rings. The third-order valence-corrected chi connectivity index (χ3v) is 5.71. The molecule has 8 heteroatoms. The zero-order valence-electron chi connectivity index (χ0n) is 21.0. The summed E-state index contributed by atoms with van der Waals surface area (Å²) in [5.41, 5.74) is 3.72. The molecule has 0 unspecified atom stereocenters. The van der Waals surface area contributed by atoms with Crippen molar-refractivity contribution in [1.29, 1.82) is 0 Å². The fourth-order valence-electron chi connectivity index (χ4n) is 3.56. The molecule has 5 nitrogen and oxygen atoms in total. The number of hydrogen-bond acceptors (Lipinski definition) is 5. The Bertz CT molecular complexity index is 1150. The molecule has 3 aromatic carbocycles. The topological polar surface area (TPSA) is 52.7 Å². The molecule has 0 N–H and O–H groups in total. The van der Waals surface area contributed by atoms with Crippen molar-refractivity contribution in [2.24, 2.45) is 20.5 Å². The maximum absolute atomic E-state index is 12.7. The van der Waals surface area contributed by atoms with E-state index < -0.39 is 11.7 Å². The van der Waals surface area contributed by atoms with Gasteiger partial charge in [0.15, 0.2) is 0 Å². The summed E-state index contributed by atoms with van der Waals surface area (Å²) in [7, 11) is 0. The monoisotopic (exact) mass is 495 g/mol. The van der Waals surface area contributed by atoms with Crippen LogP contribution in [0.4, 0.5) is 41.6 Å². The molecule has 0 aromatic heterocycles. The lowest BCUT2D eigenvalue weighted by Gasteiger charge is -2.24. The minimum atomic E-state index is -4.37. The number of halogens is 3. The number of unbranched alkanes of at least 4 members (excludes halogenated alkanes) is 2. The third kappa shape index (κ3) is 8.00. The molecule has 36 heavy (non-hydrogen) atoms. The Morgan fingerprint density at radius 3 is 1.69 bits per heavy atom. The van der Waals surface area contributed by atoms with Gasteiger partial charge in [-0.25, -0.2) is 0 Å². The summed E-state index contributed by atoms with van der Waals surface area (Å²) in [4.78, 5) is 2.43. The van der Waals surface area contributed by atoms with Crippen molar-refractivity contribution in [3.63, 3.8) is 0 Å². The molecular weight excluding hydrogens is 463 g/mol. The lowest BCUT2D eigenvalue weighted by Crippen LogP contribution is -2.25. The zero-order chi connectivity index (χ0) is 26.0. The molecule has 0 fully saturated rings. The van der Waals surface area contributed by atoms with E-state index in [0.29, 0.717) is 17.1 Å². The summed E-state index contributed by atoms with van der Waals surface area (Å²) in [6, 6.07) is 18.1. The van der Waals surface area contributed by atoms with Crippen LogP contribution in [0.2, 0.25) is 0 Å². The van der Waals surface area contributed by atoms with E-state index in [4.69, 9.17) is 0 Å². The first kappa shape index (κ1) is 27.0. The van der Waals surface area contributed by atoms with Crippen LogP contribution in [0.15, 0.2) is 87.2 Å². The Morgan fingerprint density at radius 2 is 1.17 bits per heavy atom. The number of aryl methyl sites for hydroxylation is 1. The maximum atomic E-state index is 12.7. The normalized spacial score (nSPS) is 12.1. The molecule has 0 saturated heterocycles. The van der Waals surface area contributed by atoms with Gasteiger partial charge in [0, 0.05) is 18.8 Å². The third-order valence-electron chi connectivity index (χ3n) is 5.71. The fraction of sp³-hybridized carbons (Fsp3) is 0.357. The van der Waals surface area contributed by atoms with Crippen molar-refractivity contribution >= 4 is 28.4 Å². The van der Waals surface area contributed by atoms with Crippen LogP contribution in [0.5, 0.6) is 0 Å². The number of azo groups is 2. The van der Waals surface area contributed by atoms with Crippen molar-refractivity contribution < 1.29 is 13.2 Å². The SMILES string of the molecule is CCCCN(CCCC)c1ccc(N=Nc2ccc(N=Nc3ccc(C(F)(F)F)cc3)c(C)c2)cc1. The number of alkyl halides is 3. The predicted octanol–water partition coefficient (Wildman–Crippen LogP) is 10.3. The van der Waals surface area contributed by atoms with Gasteiger partial charge in [0.1, 0.15) is 0 Å². The standard InChI is InChI=1S/C28H32F3N5/c1-4-6-18-36(19-7-5-2)26-15-12-24(13-16-26)32-34-25-14-17-27(21(3)20-25)35-33-23-10-8-22(9-11-23)28(29,30)31/h8-17,20H,4-7,18-19H2,1-3H3. The van der Waals surface area contributed by atoms with E-state index >= 15 is 0 Å². The van der Waals surface area contributed by atoms with Gasteiger partial charge in [-0.1, -0.05) is 26.7 Å². The van der Waals surface area contributed by atoms with Gasteiger partial charge >= 0.3 is 6.18 Å². The highest BCUT2D eigenvalue weighted by Gasteiger charge is 2.29. The first-order valence-corrected chi connectivity index (χ1v) is 12.3. The van der Waals surface area contributed by atoms with Crippen molar-refractivity contribution in [1.82, 2.24) is 0 Å². The number of nitrogens with zero attached hydrogens (tertiary/aromatic N) is 5. The van der Waals surface area contributed by atoms with E-state index in [-0.39, 0.29) is 0 Å². The highest BCUT2D eigenvalue weighted by molar-refractivity contribution is 5.55. The second-order valence-electron chi connectivity index (χ2n) is 8.63. The molecule has 0 aliphatic carbocycles. The lowest BCUT2D eigenvalue weighted by molar-refractivity contribution is -0.137. The van der Waals surface area contributed by atoms with Gasteiger partial charge in [0.2, 0.25) is 0 Å². The molecule has 0 radical (unpaired) electrons. The van der Waals surface area contributed by atoms with E-state index in [9.17, 15) is 13.2 Å². The van der Waals surface area contributed by atoms with Crippen LogP contribution in [0.3, 0.4) is 0 Å². The van der Waals surface area contributed by atoms with Gasteiger partial charge < -0.3 is 4.90 Å². The number of benzene rings is 3. The molecule has 0 atom stereocenters. The predicted molar refractivity (Wildman–Crippen MR) is 139 cm³/mol. The van der Waals surface area contributed by atoms with E-state index in [1.165, 1.54) is 43.5 Å². The molecule has 0 aliphatic heterocycles. The summed E-state index contributed by atoms with van der Waals surface area (Å²) in [5, 5.41) is 16.9. The second kappa shape index (κ2) is 13.0. The second-order valence-corrected chi connectivity index (χ2v) is 8.63. The van der Waals surface area contributed by atoms with Gasteiger partial charge in [0.05, 0.1) is 28.3 Å². The smallest absolute Gasteiger partial charge is 0.372 e. The molecule has 190 valence electrons. The Hall–Kier alpha value is -3.55. The van der Waals surface area contributed by atoms with Crippen molar-refractivity contribution in [2.45, 2.75) is 52.6 Å². The average Bonchev–Trinajstić information content (AvgIpc) is 2.87. The number of hydrogen-bond donors (Lipinski definition) is 0. The van der Waals surface area contributed by atoms with E-state index in [2.05, 4.69) is 51.3 Å². The molecule has 0 aliphatic rings. The van der Waals surface area contributed by atoms with Crippen LogP contribution in [0.25, 0.3) is 0 Å². The van der Waals surface area contributed by atoms with Gasteiger partial charge in [-0.15, -0.1) is 0 Å². The summed E-state index contributed by atoms with van der Waals surface area (Å²) in [5.74, 6) is 0. The Balaban J connectivity index is 1.64. The Labute approximate surface area is 210 Å². The minimum Gasteiger partial charge on any atom is -0.372 e. The quantitative estimate of drug-likeness (QED) is 0.244. The van der Waals surface area contributed by atoms with Crippen LogP contribution in [-0.4, -0.2) is 13.1 Å². The van der Waals surface area contributed by atoms with Crippen LogP contribution in [0.1, 0.15) is 50.7 Å². The summed E-state index contributed by atoms with van der Waals surface area (Å²) in [6.45, 7) is 8.39. The van der Waals surface area contributed by atoms with Crippen LogP contribution in [0, 0.1) is 6.92 Å². The maximum Gasteiger partial charge on any atom is 0.416 e. The van der Waals surface area contributed by atoms with Gasteiger partial charge in [-0.2, -0.15) is 33.6 Å². The Kier molecular flexibility index (Phi) is 9.73. The van der Waals surface area contributed by atoms with E-state index in [1.807, 2.05) is 25.1 Å². The van der Waals surface area contributed by atoms with Gasteiger partial charge in [-0.05, 0) is 92.1 Å². The molecular formula is C28H32F3N5. The lowest BCUT2D eigenvalue weighted by atomic mass is 10.2. The molecule has 0 spiro atoms. The van der Waals surface area contributed by atoms with Crippen molar-refractivity contribution in [3.05, 3.63) is 77.9 Å². The van der Waals surface area contributed by atoms with Crippen LogP contribution in [-0.2, 0) is 6.18 Å². The van der Waals surface area contributed by atoms with Crippen LogP contribution < -0.4 is 4.90 Å². The summed E-state index contributed by atoms with van der Waals surface area (Å²) < 4.78 is 38.1. The molecule has 0 heterocycles. The fourth-order valence-corrected chi connectivity index (χ4v) is 3.56. The van der Waals surface area contributed by atoms with Gasteiger partial charge in [-0.3, -0.25) is 0 Å².